The summed E-state index contributed by atoms with van der Waals surface area (Å²) in [7, 11) is 1.66. The lowest BCUT2D eigenvalue weighted by molar-refractivity contribution is 0.207. The van der Waals surface area contributed by atoms with Gasteiger partial charge in [0.05, 0.1) is 13.2 Å². The first-order valence-corrected chi connectivity index (χ1v) is 5.74. The number of hydrogen-bond donors (Lipinski definition) is 1. The van der Waals surface area contributed by atoms with Gasteiger partial charge in [0.15, 0.2) is 11.5 Å². The molecule has 1 aromatic carbocycles. The van der Waals surface area contributed by atoms with Gasteiger partial charge in [-0.1, -0.05) is 13.0 Å². The van der Waals surface area contributed by atoms with Gasteiger partial charge in [-0.15, -0.1) is 0 Å². The molecule has 3 nitrogen and oxygen atoms in total. The van der Waals surface area contributed by atoms with Crippen molar-refractivity contribution >= 4 is 0 Å². The number of benzene rings is 1. The van der Waals surface area contributed by atoms with E-state index in [9.17, 15) is 0 Å². The minimum absolute atomic E-state index is 0.203. The molecule has 0 radical (unpaired) electrons. The molecule has 1 aromatic rings. The van der Waals surface area contributed by atoms with Gasteiger partial charge in [0.25, 0.3) is 0 Å². The molecule has 16 heavy (non-hydrogen) atoms. The van der Waals surface area contributed by atoms with E-state index in [0.717, 1.165) is 24.3 Å². The van der Waals surface area contributed by atoms with Crippen LogP contribution in [0.25, 0.3) is 0 Å². The second-order valence-electron chi connectivity index (χ2n) is 3.86. The highest BCUT2D eigenvalue weighted by atomic mass is 16.5. The molecule has 3 heteroatoms. The van der Waals surface area contributed by atoms with Crippen LogP contribution in [0.15, 0.2) is 18.2 Å². The van der Waals surface area contributed by atoms with E-state index in [-0.39, 0.29) is 6.10 Å². The highest BCUT2D eigenvalue weighted by Gasteiger charge is 2.08. The Bertz CT molecular complexity index is 326. The second-order valence-corrected chi connectivity index (χ2v) is 3.86. The molecule has 1 atom stereocenters. The summed E-state index contributed by atoms with van der Waals surface area (Å²) >= 11 is 0. The topological polar surface area (TPSA) is 44.5 Å². The minimum atomic E-state index is 0.203. The Balaban J connectivity index is 2.84. The lowest BCUT2D eigenvalue weighted by atomic mass is 10.1. The monoisotopic (exact) mass is 223 g/mol. The van der Waals surface area contributed by atoms with Gasteiger partial charge in [0.1, 0.15) is 0 Å². The average Bonchev–Trinajstić information content (AvgIpc) is 2.31. The smallest absolute Gasteiger partial charge is 0.161 e. The minimum Gasteiger partial charge on any atom is -0.493 e. The summed E-state index contributed by atoms with van der Waals surface area (Å²) in [5.41, 5.74) is 6.70. The molecular formula is C13H21NO2. The van der Waals surface area contributed by atoms with Gasteiger partial charge in [-0.25, -0.2) is 0 Å². The first kappa shape index (κ1) is 12.8. The van der Waals surface area contributed by atoms with Gasteiger partial charge >= 0.3 is 0 Å². The summed E-state index contributed by atoms with van der Waals surface area (Å²) in [5, 5.41) is 0. The van der Waals surface area contributed by atoms with E-state index in [1.807, 2.05) is 25.1 Å². The lowest BCUT2D eigenvalue weighted by Gasteiger charge is -2.16. The first-order chi connectivity index (χ1) is 7.71. The molecule has 0 aromatic heterocycles. The molecular weight excluding hydrogens is 202 g/mol. The number of ether oxygens (including phenoxy) is 2. The predicted molar refractivity (Wildman–Crippen MR) is 66.1 cm³/mol. The Morgan fingerprint density at radius 1 is 1.31 bits per heavy atom. The Kier molecular flexibility index (Phi) is 5.12. The molecule has 2 N–H and O–H groups in total. The molecule has 0 saturated carbocycles. The third kappa shape index (κ3) is 3.42. The summed E-state index contributed by atoms with van der Waals surface area (Å²) < 4.78 is 11.1. The van der Waals surface area contributed by atoms with Crippen LogP contribution in [0.1, 0.15) is 25.8 Å². The van der Waals surface area contributed by atoms with Gasteiger partial charge < -0.3 is 15.2 Å². The molecule has 0 fully saturated rings. The Hall–Kier alpha value is -1.22. The van der Waals surface area contributed by atoms with E-state index in [2.05, 4.69) is 6.92 Å². The largest absolute Gasteiger partial charge is 0.493 e. The standard InChI is InChI=1S/C13H21NO2/c1-4-10(2)16-12-6-5-11(7-8-14)9-13(12)15-3/h5-6,9-10H,4,7-8,14H2,1-3H3. The molecule has 1 rings (SSSR count). The zero-order chi connectivity index (χ0) is 12.0. The summed E-state index contributed by atoms with van der Waals surface area (Å²) in [6.07, 6.45) is 2.04. The van der Waals surface area contributed by atoms with Crippen molar-refractivity contribution in [2.24, 2.45) is 5.73 Å². The van der Waals surface area contributed by atoms with E-state index in [4.69, 9.17) is 15.2 Å². The van der Waals surface area contributed by atoms with Crippen LogP contribution in [0.3, 0.4) is 0 Å². The van der Waals surface area contributed by atoms with Crippen LogP contribution in [0, 0.1) is 0 Å². The van der Waals surface area contributed by atoms with Gasteiger partial charge in [-0.05, 0) is 44.0 Å². The van der Waals surface area contributed by atoms with Gasteiger partial charge in [0.2, 0.25) is 0 Å². The molecule has 0 saturated heterocycles. The van der Waals surface area contributed by atoms with Crippen molar-refractivity contribution in [3.05, 3.63) is 23.8 Å². The maximum Gasteiger partial charge on any atom is 0.161 e. The van der Waals surface area contributed by atoms with Gasteiger partial charge in [-0.2, -0.15) is 0 Å². The van der Waals surface area contributed by atoms with Crippen molar-refractivity contribution < 1.29 is 9.47 Å². The number of hydrogen-bond acceptors (Lipinski definition) is 3. The fraction of sp³-hybridized carbons (Fsp3) is 0.538. The molecule has 1 unspecified atom stereocenters. The molecule has 0 heterocycles. The zero-order valence-corrected chi connectivity index (χ0v) is 10.3. The summed E-state index contributed by atoms with van der Waals surface area (Å²) in [5.74, 6) is 1.59. The fourth-order valence-corrected chi connectivity index (χ4v) is 1.43. The van der Waals surface area contributed by atoms with E-state index >= 15 is 0 Å². The Labute approximate surface area is 97.6 Å². The van der Waals surface area contributed by atoms with Crippen LogP contribution in [-0.4, -0.2) is 19.8 Å². The molecule has 0 bridgehead atoms. The Morgan fingerprint density at radius 2 is 2.06 bits per heavy atom. The highest BCUT2D eigenvalue weighted by Crippen LogP contribution is 2.29. The Morgan fingerprint density at radius 3 is 2.62 bits per heavy atom. The van der Waals surface area contributed by atoms with Gasteiger partial charge in [0, 0.05) is 0 Å². The summed E-state index contributed by atoms with van der Waals surface area (Å²) in [6.45, 7) is 4.79. The van der Waals surface area contributed by atoms with E-state index < -0.39 is 0 Å². The molecule has 0 aliphatic carbocycles. The van der Waals surface area contributed by atoms with Crippen molar-refractivity contribution in [1.82, 2.24) is 0 Å². The second kappa shape index (κ2) is 6.38. The summed E-state index contributed by atoms with van der Waals surface area (Å²) in [4.78, 5) is 0. The fourth-order valence-electron chi connectivity index (χ4n) is 1.43. The zero-order valence-electron chi connectivity index (χ0n) is 10.3. The van der Waals surface area contributed by atoms with Crippen molar-refractivity contribution in [3.8, 4) is 11.5 Å². The average molecular weight is 223 g/mol. The number of methoxy groups -OCH3 is 1. The normalized spacial score (nSPS) is 12.2. The SMILES string of the molecule is CCC(C)Oc1ccc(CCN)cc1OC. The predicted octanol–water partition coefficient (Wildman–Crippen LogP) is 2.37. The lowest BCUT2D eigenvalue weighted by Crippen LogP contribution is -2.10. The quantitative estimate of drug-likeness (QED) is 0.805. The van der Waals surface area contributed by atoms with Crippen LogP contribution < -0.4 is 15.2 Å². The third-order valence-electron chi connectivity index (χ3n) is 2.56. The number of rotatable bonds is 6. The summed E-state index contributed by atoms with van der Waals surface area (Å²) in [6, 6.07) is 5.98. The molecule has 0 spiro atoms. The van der Waals surface area contributed by atoms with Gasteiger partial charge in [-0.3, -0.25) is 0 Å². The molecule has 0 aliphatic heterocycles. The van der Waals surface area contributed by atoms with Crippen molar-refractivity contribution in [3.63, 3.8) is 0 Å². The maximum absolute atomic E-state index is 5.76. The number of nitrogens with two attached hydrogens (primary N) is 1. The molecule has 90 valence electrons. The molecule has 0 amide bonds. The van der Waals surface area contributed by atoms with Crippen LogP contribution >= 0.6 is 0 Å². The van der Waals surface area contributed by atoms with Crippen molar-refractivity contribution in [1.29, 1.82) is 0 Å². The van der Waals surface area contributed by atoms with Crippen LogP contribution in [0.2, 0.25) is 0 Å². The maximum atomic E-state index is 5.76. The van der Waals surface area contributed by atoms with Crippen molar-refractivity contribution in [2.45, 2.75) is 32.8 Å². The van der Waals surface area contributed by atoms with Crippen LogP contribution in [0.5, 0.6) is 11.5 Å². The third-order valence-corrected chi connectivity index (χ3v) is 2.56. The van der Waals surface area contributed by atoms with E-state index in [1.165, 1.54) is 5.56 Å². The highest BCUT2D eigenvalue weighted by molar-refractivity contribution is 5.43. The van der Waals surface area contributed by atoms with E-state index in [1.54, 1.807) is 7.11 Å². The molecule has 0 aliphatic rings. The first-order valence-electron chi connectivity index (χ1n) is 5.74. The van der Waals surface area contributed by atoms with Crippen LogP contribution in [0.4, 0.5) is 0 Å². The van der Waals surface area contributed by atoms with E-state index in [0.29, 0.717) is 6.54 Å². The van der Waals surface area contributed by atoms with Crippen molar-refractivity contribution in [2.75, 3.05) is 13.7 Å². The van der Waals surface area contributed by atoms with Crippen LogP contribution in [-0.2, 0) is 6.42 Å².